The quantitative estimate of drug-likeness (QED) is 0.161. The highest BCUT2D eigenvalue weighted by molar-refractivity contribution is 7.00. The second-order valence-corrected chi connectivity index (χ2v) is 30.0. The molecule has 0 bridgehead atoms. The lowest BCUT2D eigenvalue weighted by molar-refractivity contribution is 0.332. The van der Waals surface area contributed by atoms with Gasteiger partial charge in [-0.15, -0.1) is 0 Å². The number of hydrogen-bond donors (Lipinski definition) is 0. The van der Waals surface area contributed by atoms with Gasteiger partial charge in [0.25, 0.3) is 6.71 Å². The minimum absolute atomic E-state index is 0.0210. The molecule has 0 unspecified atom stereocenters. The smallest absolute Gasteiger partial charge is 0.297 e. The fourth-order valence-electron chi connectivity index (χ4n) is 16.5. The fraction of sp³-hybridized carbons (Fsp3) is 0.465. The van der Waals surface area contributed by atoms with Crippen LogP contribution in [0.1, 0.15) is 218 Å². The topological polar surface area (TPSA) is 19.6 Å². The van der Waals surface area contributed by atoms with Gasteiger partial charge >= 0.3 is 0 Å². The van der Waals surface area contributed by atoms with Crippen LogP contribution in [0.25, 0.3) is 22.1 Å². The van der Waals surface area contributed by atoms with Crippen molar-refractivity contribution in [1.82, 2.24) is 0 Å². The molecule has 0 saturated heterocycles. The van der Waals surface area contributed by atoms with Crippen molar-refractivity contribution in [2.45, 2.75) is 211 Å². The van der Waals surface area contributed by atoms with Crippen molar-refractivity contribution in [1.29, 1.82) is 0 Å². The predicted octanol–water partition coefficient (Wildman–Crippen LogP) is 17.7. The average Bonchev–Trinajstić information content (AvgIpc) is 4.08. The monoisotopic (exact) mass is 989 g/mol. The van der Waals surface area contributed by atoms with Crippen molar-refractivity contribution in [3.05, 3.63) is 147 Å². The number of anilines is 6. The van der Waals surface area contributed by atoms with Gasteiger partial charge in [-0.1, -0.05) is 165 Å². The van der Waals surface area contributed by atoms with E-state index in [-0.39, 0.29) is 50.0 Å². The summed E-state index contributed by atoms with van der Waals surface area (Å²) in [4.78, 5) is 5.50. The van der Waals surface area contributed by atoms with Crippen LogP contribution in [0.2, 0.25) is 0 Å². The lowest BCUT2D eigenvalue weighted by Gasteiger charge is -2.47. The number of hydrogen-bond acceptors (Lipinski definition) is 3. The molecule has 0 radical (unpaired) electrons. The number of benzene rings is 6. The highest BCUT2D eigenvalue weighted by Crippen LogP contribution is 2.62. The molecule has 1 fully saturated rings. The third-order valence-electron chi connectivity index (χ3n) is 21.5. The summed E-state index contributed by atoms with van der Waals surface area (Å²) < 4.78 is 7.90. The summed E-state index contributed by atoms with van der Waals surface area (Å²) in [6.45, 7) is 36.9. The summed E-state index contributed by atoms with van der Waals surface area (Å²) in [5.74, 6) is 0. The highest BCUT2D eigenvalue weighted by atomic mass is 16.3. The SMILES string of the molecule is CC(C)(C)c1cc2c3c(c1)N(c1cccc4c1-c1ccccc1C41CCCC1)c1c(oc4cc5c(cc14)C(C)(C)CCC5(C)C)B3c1cc3c(cc1N2c1ccc2c(c1)C(C)(C)CCC2(C)C)C(C)(C)CCC3(C)C. The second kappa shape index (κ2) is 15.0. The molecule has 3 nitrogen and oxygen atoms in total. The van der Waals surface area contributed by atoms with Gasteiger partial charge in [-0.25, -0.2) is 0 Å². The summed E-state index contributed by atoms with van der Waals surface area (Å²) in [6, 6.07) is 40.2. The average molecular weight is 989 g/mol. The number of nitrogens with zero attached hydrogens (tertiary/aromatic N) is 2. The predicted molar refractivity (Wildman–Crippen MR) is 319 cm³/mol. The first-order chi connectivity index (χ1) is 35.2. The third-order valence-corrected chi connectivity index (χ3v) is 21.5. The molecular formula is C71H81BN2O. The normalized spacial score (nSPS) is 21.9. The first-order valence-corrected chi connectivity index (χ1v) is 29.2. The van der Waals surface area contributed by atoms with E-state index < -0.39 is 0 Å². The van der Waals surface area contributed by atoms with Crippen LogP contribution in [0, 0.1) is 0 Å². The van der Waals surface area contributed by atoms with E-state index in [4.69, 9.17) is 4.42 Å². The minimum Gasteiger partial charge on any atom is -0.468 e. The molecule has 384 valence electrons. The molecule has 6 aromatic carbocycles. The van der Waals surface area contributed by atoms with Crippen molar-refractivity contribution in [2.24, 2.45) is 0 Å². The Balaban J connectivity index is 1.15. The van der Waals surface area contributed by atoms with E-state index in [2.05, 4.69) is 211 Å². The van der Waals surface area contributed by atoms with Crippen LogP contribution < -0.4 is 26.4 Å². The Labute approximate surface area is 450 Å². The summed E-state index contributed by atoms with van der Waals surface area (Å²) in [7, 11) is 0. The Morgan fingerprint density at radius 2 is 0.987 bits per heavy atom. The number of fused-ring (bicyclic) bond motifs is 14. The standard InChI is InChI=1S/C71H81BN2O/c1-64(2,3)42-35-57-61-58(36-42)74(55-24-20-23-48-60(55)44-21-16-17-22-46(44)71(48)27-18-19-28-71)62-45-38-50-53(70(14,15)34-31-67(50,8)9)41-59(45)75-63(62)72(61)54-39-51-52(69(12,13)33-32-68(51,10)11)40-56(54)73(57)43-25-26-47-49(37-43)66(6,7)30-29-65(47,4)5/h16-17,20-26,35-41H,18-19,27-34H2,1-15H3. The van der Waals surface area contributed by atoms with Gasteiger partial charge in [0.15, 0.2) is 0 Å². The molecule has 0 N–H and O–H groups in total. The van der Waals surface area contributed by atoms with Gasteiger partial charge in [0.2, 0.25) is 0 Å². The minimum atomic E-state index is -0.144. The molecule has 1 saturated carbocycles. The number of furan rings is 1. The molecule has 14 rings (SSSR count). The van der Waals surface area contributed by atoms with E-state index in [9.17, 15) is 0 Å². The van der Waals surface area contributed by atoms with Gasteiger partial charge in [-0.3, -0.25) is 0 Å². The van der Waals surface area contributed by atoms with E-state index in [1.807, 2.05) is 0 Å². The molecule has 5 aliphatic carbocycles. The van der Waals surface area contributed by atoms with Crippen molar-refractivity contribution in [3.63, 3.8) is 0 Å². The fourth-order valence-corrected chi connectivity index (χ4v) is 16.5. The third kappa shape index (κ3) is 6.47. The van der Waals surface area contributed by atoms with Crippen molar-refractivity contribution >= 4 is 68.4 Å². The Bertz CT molecular complexity index is 3630. The molecule has 2 aliphatic heterocycles. The molecule has 0 amide bonds. The van der Waals surface area contributed by atoms with Crippen LogP contribution in [-0.2, 0) is 43.3 Å². The van der Waals surface area contributed by atoms with Crippen LogP contribution in [-0.4, -0.2) is 6.71 Å². The van der Waals surface area contributed by atoms with Gasteiger partial charge < -0.3 is 14.2 Å². The zero-order valence-corrected chi connectivity index (χ0v) is 48.2. The second-order valence-electron chi connectivity index (χ2n) is 30.0. The summed E-state index contributed by atoms with van der Waals surface area (Å²) in [5, 5.41) is 1.24. The van der Waals surface area contributed by atoms with E-state index >= 15 is 0 Å². The molecule has 1 spiro atoms. The molecular weight excluding hydrogens is 908 g/mol. The van der Waals surface area contributed by atoms with Crippen LogP contribution >= 0.6 is 0 Å². The van der Waals surface area contributed by atoms with Gasteiger partial charge in [0.1, 0.15) is 5.58 Å². The molecule has 3 heterocycles. The Morgan fingerprint density at radius 3 is 1.61 bits per heavy atom. The van der Waals surface area contributed by atoms with Gasteiger partial charge in [-0.2, -0.15) is 0 Å². The zero-order chi connectivity index (χ0) is 52.5. The molecule has 0 atom stereocenters. The summed E-state index contributed by atoms with van der Waals surface area (Å²) in [6.07, 6.45) is 12.0. The van der Waals surface area contributed by atoms with Crippen LogP contribution in [0.4, 0.5) is 34.1 Å². The lowest BCUT2D eigenvalue weighted by atomic mass is 9.35. The molecule has 7 aliphatic rings. The Morgan fingerprint density at radius 1 is 0.453 bits per heavy atom. The van der Waals surface area contributed by atoms with Crippen molar-refractivity contribution in [2.75, 3.05) is 9.80 Å². The molecule has 75 heavy (non-hydrogen) atoms. The van der Waals surface area contributed by atoms with Crippen LogP contribution in [0.3, 0.4) is 0 Å². The van der Waals surface area contributed by atoms with Gasteiger partial charge in [0, 0.05) is 39.1 Å². The summed E-state index contributed by atoms with van der Waals surface area (Å²) in [5.41, 5.74) is 28.8. The van der Waals surface area contributed by atoms with E-state index in [0.717, 1.165) is 36.9 Å². The molecule has 4 heteroatoms. The van der Waals surface area contributed by atoms with Crippen LogP contribution in [0.15, 0.2) is 101 Å². The zero-order valence-electron chi connectivity index (χ0n) is 48.2. The Hall–Kier alpha value is -5.48. The molecule has 1 aromatic heterocycles. The van der Waals surface area contributed by atoms with E-state index in [0.29, 0.717) is 0 Å². The van der Waals surface area contributed by atoms with Crippen molar-refractivity contribution < 1.29 is 4.42 Å². The first kappa shape index (κ1) is 47.9. The van der Waals surface area contributed by atoms with E-state index in [1.165, 1.54) is 150 Å². The van der Waals surface area contributed by atoms with Gasteiger partial charge in [0.05, 0.1) is 17.0 Å². The van der Waals surface area contributed by atoms with Crippen LogP contribution in [0.5, 0.6) is 0 Å². The maximum absolute atomic E-state index is 7.90. The number of rotatable bonds is 2. The largest absolute Gasteiger partial charge is 0.468 e. The maximum atomic E-state index is 7.90. The lowest BCUT2D eigenvalue weighted by Crippen LogP contribution is -2.61. The molecule has 7 aromatic rings. The van der Waals surface area contributed by atoms with Gasteiger partial charge in [-0.05, 0) is 204 Å². The highest BCUT2D eigenvalue weighted by Gasteiger charge is 2.53. The van der Waals surface area contributed by atoms with Crippen molar-refractivity contribution in [3.8, 4) is 11.1 Å². The summed E-state index contributed by atoms with van der Waals surface area (Å²) >= 11 is 0. The maximum Gasteiger partial charge on any atom is 0.297 e. The Kier molecular flexibility index (Phi) is 9.56. The van der Waals surface area contributed by atoms with E-state index in [1.54, 1.807) is 0 Å². The first-order valence-electron chi connectivity index (χ1n) is 29.2.